The topological polar surface area (TPSA) is 140 Å². The summed E-state index contributed by atoms with van der Waals surface area (Å²) in [4.78, 5) is 28.0. The SMILES string of the molecule is COc1ccc(C(OC[C@@H]2O[C@H](n3ccc(=O)[nH]c3=O)[C@H](O)[C@H]2OC(c2ccccc2)(c2ccc(OC)cc2)c2ccc(OC)cc2)(c2ccccc2)c2ccc(OC)cc2)cc1. The van der Waals surface area contributed by atoms with E-state index in [2.05, 4.69) is 4.98 Å². The minimum atomic E-state index is -1.48. The van der Waals surface area contributed by atoms with Crippen molar-refractivity contribution in [3.8, 4) is 23.0 Å². The van der Waals surface area contributed by atoms with Gasteiger partial charge in [0.2, 0.25) is 0 Å². The molecule has 4 atom stereocenters. The second-order valence-electron chi connectivity index (χ2n) is 15.0. The summed E-state index contributed by atoms with van der Waals surface area (Å²) >= 11 is 0. The summed E-state index contributed by atoms with van der Waals surface area (Å²) in [7, 11) is 6.42. The fraction of sp³-hybridized carbons (Fsp3) is 0.216. The van der Waals surface area contributed by atoms with Crippen LogP contribution in [0.3, 0.4) is 0 Å². The summed E-state index contributed by atoms with van der Waals surface area (Å²) in [6.07, 6.45) is -3.70. The van der Waals surface area contributed by atoms with Gasteiger partial charge in [-0.25, -0.2) is 4.79 Å². The molecular formula is C51H48N2O10. The normalized spacial score (nSPS) is 17.5. The summed E-state index contributed by atoms with van der Waals surface area (Å²) in [5, 5.41) is 12.6. The molecule has 63 heavy (non-hydrogen) atoms. The van der Waals surface area contributed by atoms with Crippen LogP contribution in [0, 0.1) is 0 Å². The number of nitrogens with zero attached hydrogens (tertiary/aromatic N) is 1. The number of H-pyrrole nitrogens is 1. The molecule has 1 aliphatic heterocycles. The number of aromatic nitrogens is 2. The molecule has 8 rings (SSSR count). The van der Waals surface area contributed by atoms with Crippen LogP contribution in [0.4, 0.5) is 0 Å². The van der Waals surface area contributed by atoms with Crippen LogP contribution in [0.25, 0.3) is 0 Å². The van der Waals surface area contributed by atoms with Gasteiger partial charge in [0, 0.05) is 12.3 Å². The Morgan fingerprint density at radius 2 is 0.921 bits per heavy atom. The molecule has 0 amide bonds. The lowest BCUT2D eigenvalue weighted by Crippen LogP contribution is -2.47. The van der Waals surface area contributed by atoms with Crippen molar-refractivity contribution in [1.82, 2.24) is 9.55 Å². The standard InChI is InChI=1S/C51H48N2O10/c1-57-40-23-15-36(16-24-40)50(34-11-7-5-8-12-34,37-17-25-41(58-2)26-18-37)61-33-44-47(46(55)48(62-44)53-32-31-45(54)52-49(53)56)63-51(35-13-9-6-10-14-35,38-19-27-42(59-3)28-20-38)39-21-29-43(60-4)30-22-39/h5-32,44,46-48,55H,33H2,1-4H3,(H,52,54,56)/t44-,46+,47-,48-/m0/s1. The van der Waals surface area contributed by atoms with Gasteiger partial charge in [-0.1, -0.05) is 109 Å². The molecule has 0 radical (unpaired) electrons. The third kappa shape index (κ3) is 8.25. The van der Waals surface area contributed by atoms with Crippen molar-refractivity contribution in [3.05, 3.63) is 224 Å². The van der Waals surface area contributed by atoms with Crippen LogP contribution < -0.4 is 30.2 Å². The number of aliphatic hydroxyl groups is 1. The van der Waals surface area contributed by atoms with Crippen LogP contribution in [0.2, 0.25) is 0 Å². The van der Waals surface area contributed by atoms with Gasteiger partial charge >= 0.3 is 5.69 Å². The Bertz CT molecular complexity index is 2590. The Balaban J connectivity index is 1.32. The van der Waals surface area contributed by atoms with Crippen LogP contribution in [0.15, 0.2) is 180 Å². The van der Waals surface area contributed by atoms with Crippen LogP contribution in [0.5, 0.6) is 23.0 Å². The van der Waals surface area contributed by atoms with Crippen LogP contribution in [0.1, 0.15) is 39.6 Å². The average Bonchev–Trinajstić information content (AvgIpc) is 3.64. The average molecular weight is 849 g/mol. The molecule has 12 nitrogen and oxygen atoms in total. The first-order chi connectivity index (χ1) is 30.7. The number of nitrogens with one attached hydrogen (secondary N) is 1. The molecule has 2 N–H and O–H groups in total. The van der Waals surface area contributed by atoms with E-state index in [1.165, 1.54) is 12.3 Å². The van der Waals surface area contributed by atoms with Gasteiger partial charge in [0.25, 0.3) is 5.56 Å². The second-order valence-corrected chi connectivity index (χ2v) is 15.0. The molecule has 2 heterocycles. The van der Waals surface area contributed by atoms with Gasteiger partial charge in [-0.15, -0.1) is 0 Å². The first-order valence-corrected chi connectivity index (χ1v) is 20.4. The third-order valence-electron chi connectivity index (χ3n) is 11.6. The highest BCUT2D eigenvalue weighted by molar-refractivity contribution is 5.51. The predicted octanol–water partition coefficient (Wildman–Crippen LogP) is 7.22. The monoisotopic (exact) mass is 848 g/mol. The van der Waals surface area contributed by atoms with Crippen molar-refractivity contribution in [2.45, 2.75) is 35.7 Å². The number of benzene rings is 6. The van der Waals surface area contributed by atoms with Crippen molar-refractivity contribution >= 4 is 0 Å². The summed E-state index contributed by atoms with van der Waals surface area (Å²) in [6, 6.07) is 51.0. The smallest absolute Gasteiger partial charge is 0.330 e. The highest BCUT2D eigenvalue weighted by atomic mass is 16.6. The molecule has 0 unspecified atom stereocenters. The first-order valence-electron chi connectivity index (χ1n) is 20.4. The van der Waals surface area contributed by atoms with Gasteiger partial charge in [0.1, 0.15) is 52.5 Å². The van der Waals surface area contributed by atoms with E-state index in [1.807, 2.05) is 158 Å². The molecule has 0 saturated carbocycles. The number of aliphatic hydroxyl groups excluding tert-OH is 1. The van der Waals surface area contributed by atoms with Crippen molar-refractivity contribution in [1.29, 1.82) is 0 Å². The van der Waals surface area contributed by atoms with E-state index in [4.69, 9.17) is 33.2 Å². The molecule has 12 heteroatoms. The van der Waals surface area contributed by atoms with Crippen molar-refractivity contribution in [2.75, 3.05) is 35.0 Å². The summed E-state index contributed by atoms with van der Waals surface area (Å²) in [5.41, 5.74) is 0.503. The lowest BCUT2D eigenvalue weighted by atomic mass is 9.79. The zero-order valence-corrected chi connectivity index (χ0v) is 35.3. The molecule has 0 spiro atoms. The highest BCUT2D eigenvalue weighted by Crippen LogP contribution is 2.47. The molecular weight excluding hydrogens is 801 g/mol. The van der Waals surface area contributed by atoms with Gasteiger partial charge in [-0.05, 0) is 81.9 Å². The Morgan fingerprint density at radius 1 is 0.540 bits per heavy atom. The van der Waals surface area contributed by atoms with Crippen LogP contribution in [-0.4, -0.2) is 68.0 Å². The zero-order valence-electron chi connectivity index (χ0n) is 35.3. The van der Waals surface area contributed by atoms with Crippen molar-refractivity contribution in [3.63, 3.8) is 0 Å². The molecule has 0 bridgehead atoms. The zero-order chi connectivity index (χ0) is 44.0. The predicted molar refractivity (Wildman–Crippen MR) is 237 cm³/mol. The number of ether oxygens (including phenoxy) is 7. The second kappa shape index (κ2) is 18.6. The lowest BCUT2D eigenvalue weighted by Gasteiger charge is -2.41. The number of hydrogen-bond acceptors (Lipinski definition) is 10. The lowest BCUT2D eigenvalue weighted by molar-refractivity contribution is -0.131. The first kappa shape index (κ1) is 42.7. The van der Waals surface area contributed by atoms with Crippen LogP contribution in [-0.2, 0) is 25.4 Å². The highest BCUT2D eigenvalue weighted by Gasteiger charge is 2.52. The van der Waals surface area contributed by atoms with Gasteiger partial charge in [-0.3, -0.25) is 14.3 Å². The molecule has 0 aliphatic carbocycles. The molecule has 7 aromatic rings. The third-order valence-corrected chi connectivity index (χ3v) is 11.6. The molecule has 322 valence electrons. The van der Waals surface area contributed by atoms with Gasteiger partial charge in [-0.2, -0.15) is 0 Å². The van der Waals surface area contributed by atoms with E-state index < -0.39 is 47.0 Å². The number of aromatic amines is 1. The fourth-order valence-corrected chi connectivity index (χ4v) is 8.37. The largest absolute Gasteiger partial charge is 0.497 e. The Labute approximate surface area is 364 Å². The fourth-order valence-electron chi connectivity index (χ4n) is 8.37. The van der Waals surface area contributed by atoms with Crippen molar-refractivity contribution < 1.29 is 38.3 Å². The molecule has 1 fully saturated rings. The van der Waals surface area contributed by atoms with E-state index in [9.17, 15) is 14.7 Å². The number of hydrogen-bond donors (Lipinski definition) is 2. The summed E-state index contributed by atoms with van der Waals surface area (Å²) in [6.45, 7) is -0.167. The Morgan fingerprint density at radius 3 is 1.32 bits per heavy atom. The maximum absolute atomic E-state index is 13.4. The summed E-state index contributed by atoms with van der Waals surface area (Å²) in [5.74, 6) is 2.60. The van der Waals surface area contributed by atoms with Gasteiger partial charge in [0.05, 0.1) is 35.0 Å². The van der Waals surface area contributed by atoms with E-state index in [1.54, 1.807) is 28.4 Å². The van der Waals surface area contributed by atoms with E-state index in [0.29, 0.717) is 34.1 Å². The van der Waals surface area contributed by atoms with Crippen LogP contribution >= 0.6 is 0 Å². The Hall–Kier alpha value is -6.96. The maximum atomic E-state index is 13.4. The number of methoxy groups -OCH3 is 4. The van der Waals surface area contributed by atoms with Gasteiger partial charge in [0.15, 0.2) is 6.23 Å². The van der Waals surface area contributed by atoms with Gasteiger partial charge < -0.3 is 38.3 Å². The summed E-state index contributed by atoms with van der Waals surface area (Å²) < 4.78 is 45.0. The van der Waals surface area contributed by atoms with E-state index in [0.717, 1.165) is 26.8 Å². The molecule has 1 aliphatic rings. The quantitative estimate of drug-likeness (QED) is 0.0960. The van der Waals surface area contributed by atoms with E-state index >= 15 is 0 Å². The Kier molecular flexibility index (Phi) is 12.6. The number of rotatable bonds is 16. The molecule has 6 aromatic carbocycles. The minimum absolute atomic E-state index is 0.167. The molecule has 1 saturated heterocycles. The van der Waals surface area contributed by atoms with Crippen molar-refractivity contribution in [2.24, 2.45) is 0 Å². The molecule has 1 aromatic heterocycles. The minimum Gasteiger partial charge on any atom is -0.497 e. The van der Waals surface area contributed by atoms with E-state index in [-0.39, 0.29) is 6.61 Å². The maximum Gasteiger partial charge on any atom is 0.330 e.